The van der Waals surface area contributed by atoms with Crippen LogP contribution in [-0.4, -0.2) is 85.4 Å². The number of hydrogen-bond donors (Lipinski definition) is 3. The van der Waals surface area contributed by atoms with E-state index in [1.807, 2.05) is 12.1 Å². The second-order valence-electron chi connectivity index (χ2n) is 14.5. The fourth-order valence-electron chi connectivity index (χ4n) is 6.21. The van der Waals surface area contributed by atoms with Crippen molar-refractivity contribution in [2.75, 3.05) is 19.6 Å². The van der Waals surface area contributed by atoms with E-state index in [2.05, 4.69) is 20.3 Å². The lowest BCUT2D eigenvalue weighted by Gasteiger charge is -2.26. The molecule has 0 saturated carbocycles. The van der Waals surface area contributed by atoms with Gasteiger partial charge < -0.3 is 29.4 Å². The molecule has 56 heavy (non-hydrogen) atoms. The number of ketones is 1. The van der Waals surface area contributed by atoms with E-state index < -0.39 is 51.6 Å². The molecular weight excluding hydrogens is 762 g/mol. The molecular formula is C40H48ClN5O9S. The number of aromatic nitrogens is 1. The minimum Gasteiger partial charge on any atom is -0.444 e. The van der Waals surface area contributed by atoms with Gasteiger partial charge in [-0.25, -0.2) is 22.9 Å². The number of nitrogens with one attached hydrogen (secondary N) is 3. The lowest BCUT2D eigenvalue weighted by Crippen LogP contribution is -2.51. The molecule has 3 aromatic carbocycles. The number of nitrogens with zero attached hydrogens (tertiary/aromatic N) is 2. The van der Waals surface area contributed by atoms with E-state index in [4.69, 9.17) is 25.5 Å². The maximum atomic E-state index is 14.2. The average Bonchev–Trinajstić information content (AvgIpc) is 3.78. The van der Waals surface area contributed by atoms with Crippen LogP contribution in [0.25, 0.3) is 11.1 Å². The molecule has 1 fully saturated rings. The largest absolute Gasteiger partial charge is 0.444 e. The number of halogens is 1. The van der Waals surface area contributed by atoms with Crippen LogP contribution >= 0.6 is 11.6 Å². The number of benzene rings is 3. The second kappa shape index (κ2) is 18.9. The van der Waals surface area contributed by atoms with Gasteiger partial charge in [0, 0.05) is 31.1 Å². The van der Waals surface area contributed by atoms with Gasteiger partial charge in [0.1, 0.15) is 17.2 Å². The van der Waals surface area contributed by atoms with Gasteiger partial charge in [-0.3, -0.25) is 14.4 Å². The first kappa shape index (κ1) is 42.3. The SMILES string of the molecule is CCNS(=O)(=O)c1ccc(CC(=O)N2C[C@H](OCc3ccc(Cl)cc3)C[C@H]2C(=O)N[C@@H](CCCCNC(=O)OC(C)(C)C)C(=O)c2nc3ccccc3o2)cc1. The van der Waals surface area contributed by atoms with Crippen molar-refractivity contribution in [1.29, 1.82) is 0 Å². The third-order valence-electron chi connectivity index (χ3n) is 8.93. The highest BCUT2D eigenvalue weighted by Gasteiger charge is 2.41. The van der Waals surface area contributed by atoms with Crippen molar-refractivity contribution in [2.45, 2.75) is 95.1 Å². The zero-order valence-corrected chi connectivity index (χ0v) is 33.5. The smallest absolute Gasteiger partial charge is 0.407 e. The van der Waals surface area contributed by atoms with E-state index in [1.54, 1.807) is 76.2 Å². The molecule has 0 radical (unpaired) electrons. The van der Waals surface area contributed by atoms with Crippen LogP contribution in [0.15, 0.2) is 82.1 Å². The molecule has 1 aromatic heterocycles. The summed E-state index contributed by atoms with van der Waals surface area (Å²) in [5.41, 5.74) is 1.67. The number of carbonyl (C=O) groups is 4. The van der Waals surface area contributed by atoms with Gasteiger partial charge in [0.05, 0.1) is 30.1 Å². The number of likely N-dealkylation sites (tertiary alicyclic amines) is 1. The van der Waals surface area contributed by atoms with Crippen LogP contribution in [0.5, 0.6) is 0 Å². The molecule has 3 amide bonds. The molecule has 3 atom stereocenters. The van der Waals surface area contributed by atoms with Gasteiger partial charge in [-0.05, 0) is 87.6 Å². The van der Waals surface area contributed by atoms with Crippen LogP contribution < -0.4 is 15.4 Å². The van der Waals surface area contributed by atoms with Gasteiger partial charge in [-0.15, -0.1) is 0 Å². The summed E-state index contributed by atoms with van der Waals surface area (Å²) in [5, 5.41) is 6.16. The lowest BCUT2D eigenvalue weighted by atomic mass is 10.0. The van der Waals surface area contributed by atoms with Crippen LogP contribution in [0.3, 0.4) is 0 Å². The van der Waals surface area contributed by atoms with Crippen LogP contribution in [0.2, 0.25) is 5.02 Å². The minimum absolute atomic E-state index is 0.0694. The Kier molecular flexibility index (Phi) is 14.3. The summed E-state index contributed by atoms with van der Waals surface area (Å²) in [4.78, 5) is 60.0. The molecule has 0 spiro atoms. The van der Waals surface area contributed by atoms with E-state index >= 15 is 0 Å². The van der Waals surface area contributed by atoms with E-state index in [-0.39, 0.29) is 62.2 Å². The molecule has 1 aliphatic rings. The van der Waals surface area contributed by atoms with Crippen molar-refractivity contribution in [3.05, 3.63) is 94.8 Å². The van der Waals surface area contributed by atoms with E-state index in [9.17, 15) is 27.6 Å². The molecule has 300 valence electrons. The van der Waals surface area contributed by atoms with Crippen LogP contribution in [0.1, 0.15) is 75.2 Å². The number of para-hydroxylation sites is 2. The summed E-state index contributed by atoms with van der Waals surface area (Å²) in [6.07, 6.45) is 0.0989. The van der Waals surface area contributed by atoms with Gasteiger partial charge in [0.2, 0.25) is 27.6 Å². The monoisotopic (exact) mass is 809 g/mol. The topological polar surface area (TPSA) is 186 Å². The van der Waals surface area contributed by atoms with Gasteiger partial charge in [0.15, 0.2) is 5.58 Å². The highest BCUT2D eigenvalue weighted by atomic mass is 35.5. The number of ether oxygens (including phenoxy) is 2. The number of carbonyl (C=O) groups excluding carboxylic acids is 4. The predicted octanol–water partition coefficient (Wildman–Crippen LogP) is 5.57. The Morgan fingerprint density at radius 1 is 0.982 bits per heavy atom. The van der Waals surface area contributed by atoms with Crippen molar-refractivity contribution in [1.82, 2.24) is 25.2 Å². The van der Waals surface area contributed by atoms with Gasteiger partial charge in [-0.2, -0.15) is 0 Å². The van der Waals surface area contributed by atoms with E-state index in [0.717, 1.165) is 5.56 Å². The van der Waals surface area contributed by atoms with Crippen molar-refractivity contribution in [3.63, 3.8) is 0 Å². The Labute approximate surface area is 331 Å². The number of oxazole rings is 1. The third-order valence-corrected chi connectivity index (χ3v) is 10.7. The first-order valence-electron chi connectivity index (χ1n) is 18.5. The minimum atomic E-state index is -3.68. The number of amides is 3. The van der Waals surface area contributed by atoms with Gasteiger partial charge in [0.25, 0.3) is 5.89 Å². The fourth-order valence-corrected chi connectivity index (χ4v) is 7.38. The maximum absolute atomic E-state index is 14.2. The molecule has 0 unspecified atom stereocenters. The van der Waals surface area contributed by atoms with Gasteiger partial charge >= 0.3 is 6.09 Å². The fraction of sp³-hybridized carbons (Fsp3) is 0.425. The number of Topliss-reactive ketones (excluding diaryl/α,β-unsaturated/α-hetero) is 1. The highest BCUT2D eigenvalue weighted by Crippen LogP contribution is 2.25. The number of rotatable bonds is 17. The summed E-state index contributed by atoms with van der Waals surface area (Å²) in [7, 11) is -3.68. The molecule has 0 aliphatic carbocycles. The second-order valence-corrected chi connectivity index (χ2v) is 16.7. The molecule has 14 nitrogen and oxygen atoms in total. The summed E-state index contributed by atoms with van der Waals surface area (Å²) < 4.78 is 44.6. The summed E-state index contributed by atoms with van der Waals surface area (Å²) >= 11 is 6.04. The first-order valence-corrected chi connectivity index (χ1v) is 20.4. The van der Waals surface area contributed by atoms with E-state index in [0.29, 0.717) is 34.5 Å². The molecule has 0 bridgehead atoms. The lowest BCUT2D eigenvalue weighted by molar-refractivity contribution is -0.138. The normalized spacial score (nSPS) is 16.4. The number of unbranched alkanes of at least 4 members (excludes halogenated alkanes) is 1. The Morgan fingerprint density at radius 3 is 2.36 bits per heavy atom. The molecule has 4 aromatic rings. The van der Waals surface area contributed by atoms with Crippen LogP contribution in [0, 0.1) is 0 Å². The number of alkyl carbamates (subject to hydrolysis) is 1. The molecule has 1 aliphatic heterocycles. The summed E-state index contributed by atoms with van der Waals surface area (Å²) in [6.45, 7) is 7.82. The standard InChI is InChI=1S/C40H48ClN5O9S/c1-5-43-56(51,52)30-19-15-26(16-20-30)22-35(47)46-24-29(53-25-27-13-17-28(41)18-14-27)23-33(46)37(49)44-32(11-8-9-21-42-39(50)55-40(2,3)4)36(48)38-45-31-10-6-7-12-34(31)54-38/h6-7,10,12-20,29,32-33,43H,5,8-9,11,21-25H2,1-4H3,(H,42,50)(H,44,49)/t29-,32+,33+/m1/s1. The quantitative estimate of drug-likeness (QED) is 0.0900. The van der Waals surface area contributed by atoms with Crippen molar-refractivity contribution in [3.8, 4) is 0 Å². The van der Waals surface area contributed by atoms with Crippen molar-refractivity contribution in [2.24, 2.45) is 0 Å². The van der Waals surface area contributed by atoms with Crippen LogP contribution in [-0.2, 0) is 42.1 Å². The molecule has 16 heteroatoms. The van der Waals surface area contributed by atoms with Crippen LogP contribution in [0.4, 0.5) is 4.79 Å². The average molecular weight is 810 g/mol. The third kappa shape index (κ3) is 11.8. The highest BCUT2D eigenvalue weighted by molar-refractivity contribution is 7.89. The predicted molar refractivity (Wildman–Crippen MR) is 210 cm³/mol. The Morgan fingerprint density at radius 2 is 1.68 bits per heavy atom. The molecule has 5 rings (SSSR count). The summed E-state index contributed by atoms with van der Waals surface area (Å²) in [5.74, 6) is -1.62. The Balaban J connectivity index is 1.32. The maximum Gasteiger partial charge on any atom is 0.407 e. The molecule has 1 saturated heterocycles. The summed E-state index contributed by atoms with van der Waals surface area (Å²) in [6, 6.07) is 18.0. The number of fused-ring (bicyclic) bond motifs is 1. The van der Waals surface area contributed by atoms with Crippen molar-refractivity contribution >= 4 is 56.4 Å². The van der Waals surface area contributed by atoms with E-state index in [1.165, 1.54) is 17.0 Å². The van der Waals surface area contributed by atoms with Gasteiger partial charge in [-0.1, -0.05) is 54.9 Å². The van der Waals surface area contributed by atoms with Crippen molar-refractivity contribution < 1.29 is 41.5 Å². The molecule has 3 N–H and O–H groups in total. The Bertz CT molecular complexity index is 2070. The zero-order chi connectivity index (χ0) is 40.5. The number of hydrogen-bond acceptors (Lipinski definition) is 10. The molecule has 2 heterocycles. The first-order chi connectivity index (χ1) is 26.6. The number of sulfonamides is 1. The Hall–Kier alpha value is -4.83. The zero-order valence-electron chi connectivity index (χ0n) is 31.9.